The summed E-state index contributed by atoms with van der Waals surface area (Å²) in [6.45, 7) is 3.51. The summed E-state index contributed by atoms with van der Waals surface area (Å²) in [7, 11) is 1.81. The molecule has 0 saturated carbocycles. The fraction of sp³-hybridized carbons (Fsp3) is 0.333. The molecule has 0 fully saturated rings. The molecule has 0 unspecified atom stereocenters. The SMILES string of the molecule is Cc1nn(C)c(C)c1C(=O)N[C@H](CO)c1ccccc1. The number of nitrogens with zero attached hydrogens (tertiary/aromatic N) is 2. The number of nitrogens with one attached hydrogen (secondary N) is 1. The van der Waals surface area contributed by atoms with Crippen molar-refractivity contribution in [1.29, 1.82) is 0 Å². The van der Waals surface area contributed by atoms with Crippen LogP contribution in [-0.2, 0) is 7.05 Å². The maximum Gasteiger partial charge on any atom is 0.255 e. The number of aliphatic hydroxyl groups is 1. The third-order valence-electron chi connectivity index (χ3n) is 3.43. The van der Waals surface area contributed by atoms with E-state index in [1.54, 1.807) is 18.7 Å². The van der Waals surface area contributed by atoms with Crippen molar-refractivity contribution < 1.29 is 9.90 Å². The van der Waals surface area contributed by atoms with Gasteiger partial charge in [0.1, 0.15) is 0 Å². The van der Waals surface area contributed by atoms with Crippen molar-refractivity contribution in [3.05, 3.63) is 52.8 Å². The van der Waals surface area contributed by atoms with Gasteiger partial charge in [-0.25, -0.2) is 0 Å². The zero-order valence-electron chi connectivity index (χ0n) is 11.9. The predicted molar refractivity (Wildman–Crippen MR) is 76.4 cm³/mol. The van der Waals surface area contributed by atoms with E-state index in [0.29, 0.717) is 11.3 Å². The van der Waals surface area contributed by atoms with E-state index < -0.39 is 6.04 Å². The second-order valence-electron chi connectivity index (χ2n) is 4.79. The summed E-state index contributed by atoms with van der Waals surface area (Å²) in [5, 5.41) is 16.6. The summed E-state index contributed by atoms with van der Waals surface area (Å²) in [6.07, 6.45) is 0. The minimum Gasteiger partial charge on any atom is -0.394 e. The zero-order chi connectivity index (χ0) is 14.7. The Kier molecular flexibility index (Phi) is 4.20. The van der Waals surface area contributed by atoms with Gasteiger partial charge < -0.3 is 10.4 Å². The molecule has 1 aromatic carbocycles. The topological polar surface area (TPSA) is 67.2 Å². The first-order chi connectivity index (χ1) is 9.54. The van der Waals surface area contributed by atoms with Crippen LogP contribution in [0.5, 0.6) is 0 Å². The zero-order valence-corrected chi connectivity index (χ0v) is 11.9. The first-order valence-electron chi connectivity index (χ1n) is 6.51. The monoisotopic (exact) mass is 273 g/mol. The van der Waals surface area contributed by atoms with E-state index in [-0.39, 0.29) is 12.5 Å². The van der Waals surface area contributed by atoms with E-state index in [9.17, 15) is 9.90 Å². The van der Waals surface area contributed by atoms with E-state index in [4.69, 9.17) is 0 Å². The molecule has 5 nitrogen and oxygen atoms in total. The number of aliphatic hydroxyl groups excluding tert-OH is 1. The molecule has 5 heteroatoms. The molecule has 0 aliphatic rings. The van der Waals surface area contributed by atoms with Crippen LogP contribution in [0.4, 0.5) is 0 Å². The Morgan fingerprint density at radius 2 is 2.00 bits per heavy atom. The predicted octanol–water partition coefficient (Wildman–Crippen LogP) is 1.50. The van der Waals surface area contributed by atoms with Gasteiger partial charge in [0, 0.05) is 12.7 Å². The number of carbonyl (C=O) groups excluding carboxylic acids is 1. The van der Waals surface area contributed by atoms with E-state index >= 15 is 0 Å². The number of aryl methyl sites for hydroxylation is 2. The highest BCUT2D eigenvalue weighted by molar-refractivity contribution is 5.96. The van der Waals surface area contributed by atoms with Crippen molar-refractivity contribution in [3.63, 3.8) is 0 Å². The smallest absolute Gasteiger partial charge is 0.255 e. The summed E-state index contributed by atoms with van der Waals surface area (Å²) in [6, 6.07) is 9.00. The van der Waals surface area contributed by atoms with Gasteiger partial charge in [-0.3, -0.25) is 9.48 Å². The van der Waals surface area contributed by atoms with Crippen molar-refractivity contribution in [2.24, 2.45) is 7.05 Å². The Balaban J connectivity index is 2.22. The van der Waals surface area contributed by atoms with Crippen molar-refractivity contribution in [1.82, 2.24) is 15.1 Å². The second kappa shape index (κ2) is 5.88. The molecule has 1 aromatic heterocycles. The maximum absolute atomic E-state index is 12.4. The van der Waals surface area contributed by atoms with Crippen LogP contribution in [0, 0.1) is 13.8 Å². The first kappa shape index (κ1) is 14.3. The van der Waals surface area contributed by atoms with Crippen molar-refractivity contribution in [2.45, 2.75) is 19.9 Å². The molecule has 2 rings (SSSR count). The Labute approximate surface area is 118 Å². The molecule has 2 aromatic rings. The van der Waals surface area contributed by atoms with Crippen LogP contribution in [0.25, 0.3) is 0 Å². The Hall–Kier alpha value is -2.14. The fourth-order valence-electron chi connectivity index (χ4n) is 2.25. The highest BCUT2D eigenvalue weighted by Crippen LogP contribution is 2.16. The number of hydrogen-bond acceptors (Lipinski definition) is 3. The number of benzene rings is 1. The van der Waals surface area contributed by atoms with Crippen molar-refractivity contribution >= 4 is 5.91 Å². The quantitative estimate of drug-likeness (QED) is 0.887. The van der Waals surface area contributed by atoms with E-state index in [1.165, 1.54) is 0 Å². The Bertz CT molecular complexity index is 605. The van der Waals surface area contributed by atoms with Gasteiger partial charge >= 0.3 is 0 Å². The molecule has 1 amide bonds. The largest absolute Gasteiger partial charge is 0.394 e. The number of amides is 1. The lowest BCUT2D eigenvalue weighted by atomic mass is 10.1. The van der Waals surface area contributed by atoms with Gasteiger partial charge in [-0.05, 0) is 19.4 Å². The van der Waals surface area contributed by atoms with E-state index in [2.05, 4.69) is 10.4 Å². The maximum atomic E-state index is 12.4. The van der Waals surface area contributed by atoms with Crippen LogP contribution in [0.15, 0.2) is 30.3 Å². The standard InChI is InChI=1S/C15H19N3O2/c1-10-14(11(2)18(3)17-10)15(20)16-13(9-19)12-7-5-4-6-8-12/h4-8,13,19H,9H2,1-3H3,(H,16,20)/t13-/m1/s1. The summed E-state index contributed by atoms with van der Waals surface area (Å²) in [4.78, 5) is 12.4. The lowest BCUT2D eigenvalue weighted by Gasteiger charge is -2.16. The van der Waals surface area contributed by atoms with Crippen molar-refractivity contribution in [3.8, 4) is 0 Å². The molecular formula is C15H19N3O2. The lowest BCUT2D eigenvalue weighted by Crippen LogP contribution is -2.31. The number of hydrogen-bond donors (Lipinski definition) is 2. The highest BCUT2D eigenvalue weighted by Gasteiger charge is 2.20. The van der Waals surface area contributed by atoms with Crippen LogP contribution >= 0.6 is 0 Å². The second-order valence-corrected chi connectivity index (χ2v) is 4.79. The number of carbonyl (C=O) groups is 1. The Morgan fingerprint density at radius 3 is 2.50 bits per heavy atom. The molecule has 20 heavy (non-hydrogen) atoms. The van der Waals surface area contributed by atoms with Gasteiger partial charge in [0.05, 0.1) is 23.9 Å². The van der Waals surface area contributed by atoms with Crippen LogP contribution in [0.3, 0.4) is 0 Å². The number of aromatic nitrogens is 2. The molecule has 0 saturated heterocycles. The molecule has 106 valence electrons. The normalized spacial score (nSPS) is 12.2. The van der Waals surface area contributed by atoms with Gasteiger partial charge in [0.2, 0.25) is 0 Å². The minimum atomic E-state index is -0.414. The fourth-order valence-corrected chi connectivity index (χ4v) is 2.25. The van der Waals surface area contributed by atoms with Gasteiger partial charge in [-0.1, -0.05) is 30.3 Å². The Morgan fingerprint density at radius 1 is 1.35 bits per heavy atom. The summed E-state index contributed by atoms with van der Waals surface area (Å²) in [5.41, 5.74) is 2.95. The van der Waals surface area contributed by atoms with Gasteiger partial charge in [-0.2, -0.15) is 5.10 Å². The molecular weight excluding hydrogens is 254 g/mol. The van der Waals surface area contributed by atoms with Crippen LogP contribution in [0.2, 0.25) is 0 Å². The van der Waals surface area contributed by atoms with E-state index in [0.717, 1.165) is 11.3 Å². The third kappa shape index (κ3) is 2.72. The molecule has 1 heterocycles. The molecule has 0 radical (unpaired) electrons. The van der Waals surface area contributed by atoms with Gasteiger partial charge in [0.15, 0.2) is 0 Å². The van der Waals surface area contributed by atoms with Gasteiger partial charge in [-0.15, -0.1) is 0 Å². The number of rotatable bonds is 4. The van der Waals surface area contributed by atoms with E-state index in [1.807, 2.05) is 37.3 Å². The lowest BCUT2D eigenvalue weighted by molar-refractivity contribution is 0.0915. The van der Waals surface area contributed by atoms with Crippen LogP contribution in [-0.4, -0.2) is 27.4 Å². The summed E-state index contributed by atoms with van der Waals surface area (Å²) < 4.78 is 1.68. The van der Waals surface area contributed by atoms with Crippen molar-refractivity contribution in [2.75, 3.05) is 6.61 Å². The highest BCUT2D eigenvalue weighted by atomic mass is 16.3. The molecule has 0 aliphatic heterocycles. The average molecular weight is 273 g/mol. The van der Waals surface area contributed by atoms with Crippen LogP contribution in [0.1, 0.15) is 33.4 Å². The summed E-state index contributed by atoms with van der Waals surface area (Å²) in [5.74, 6) is -0.212. The molecule has 0 aliphatic carbocycles. The molecule has 2 N–H and O–H groups in total. The van der Waals surface area contributed by atoms with Crippen LogP contribution < -0.4 is 5.32 Å². The third-order valence-corrected chi connectivity index (χ3v) is 3.43. The molecule has 0 bridgehead atoms. The summed E-state index contributed by atoms with van der Waals surface area (Å²) >= 11 is 0. The first-order valence-corrected chi connectivity index (χ1v) is 6.51. The molecule has 1 atom stereocenters. The minimum absolute atomic E-state index is 0.145. The molecule has 0 spiro atoms. The van der Waals surface area contributed by atoms with Gasteiger partial charge in [0.25, 0.3) is 5.91 Å². The average Bonchev–Trinajstić information content (AvgIpc) is 2.70.